The van der Waals surface area contributed by atoms with E-state index in [1.165, 1.54) is 27.8 Å². The number of aryl methyl sites for hydroxylation is 1. The fraction of sp³-hybridized carbons (Fsp3) is 0.0909. The molecule has 0 radical (unpaired) electrons. The zero-order valence-electron chi connectivity index (χ0n) is 13.4. The first-order valence-corrected chi connectivity index (χ1v) is 8.26. The minimum atomic E-state index is 0.893. The zero-order chi connectivity index (χ0) is 16.2. The molecule has 2 nitrogen and oxygen atoms in total. The Bertz CT molecular complexity index is 861. The summed E-state index contributed by atoms with van der Waals surface area (Å²) in [5, 5.41) is 8.85. The molecule has 0 spiro atoms. The lowest BCUT2D eigenvalue weighted by Gasteiger charge is -1.98. The zero-order valence-corrected chi connectivity index (χ0v) is 13.4. The molecule has 24 heavy (non-hydrogen) atoms. The van der Waals surface area contributed by atoms with E-state index >= 15 is 0 Å². The number of hydrogen-bond donors (Lipinski definition) is 0. The van der Waals surface area contributed by atoms with Gasteiger partial charge in [0.2, 0.25) is 0 Å². The van der Waals surface area contributed by atoms with Gasteiger partial charge in [-0.2, -0.15) is 10.2 Å². The Labute approximate surface area is 142 Å². The number of hydrogen-bond acceptors (Lipinski definition) is 2. The summed E-state index contributed by atoms with van der Waals surface area (Å²) in [5.74, 6) is 0. The van der Waals surface area contributed by atoms with Crippen molar-refractivity contribution < 1.29 is 0 Å². The third-order valence-corrected chi connectivity index (χ3v) is 4.30. The van der Waals surface area contributed by atoms with Crippen LogP contribution in [0.5, 0.6) is 0 Å². The van der Waals surface area contributed by atoms with E-state index in [4.69, 9.17) is 0 Å². The van der Waals surface area contributed by atoms with Crippen molar-refractivity contribution >= 4 is 11.9 Å². The van der Waals surface area contributed by atoms with Crippen LogP contribution < -0.4 is 0 Å². The van der Waals surface area contributed by atoms with Crippen LogP contribution >= 0.6 is 0 Å². The minimum absolute atomic E-state index is 0.893. The Balaban J connectivity index is 1.55. The highest BCUT2D eigenvalue weighted by Gasteiger charge is 2.23. The molecule has 0 aliphatic heterocycles. The number of rotatable bonds is 4. The predicted molar refractivity (Wildman–Crippen MR) is 101 cm³/mol. The summed E-state index contributed by atoms with van der Waals surface area (Å²) < 4.78 is 0. The molecule has 1 aliphatic rings. The highest BCUT2D eigenvalue weighted by molar-refractivity contribution is 6.24. The maximum Gasteiger partial charge on any atom is 0.101 e. The molecule has 0 saturated heterocycles. The third kappa shape index (κ3) is 2.79. The van der Waals surface area contributed by atoms with Crippen LogP contribution in [-0.2, 0) is 6.42 Å². The first-order chi connectivity index (χ1) is 11.9. The van der Waals surface area contributed by atoms with Crippen LogP contribution in [0, 0.1) is 0 Å². The second kappa shape index (κ2) is 6.63. The molecule has 116 valence electrons. The Kier molecular flexibility index (Phi) is 4.03. The van der Waals surface area contributed by atoms with Crippen molar-refractivity contribution in [2.45, 2.75) is 12.8 Å². The summed E-state index contributed by atoms with van der Waals surface area (Å²) in [6, 6.07) is 27.2. The van der Waals surface area contributed by atoms with Crippen molar-refractivity contribution in [2.75, 3.05) is 0 Å². The average Bonchev–Trinajstić information content (AvgIpc) is 2.97. The topological polar surface area (TPSA) is 24.7 Å². The van der Waals surface area contributed by atoms with Gasteiger partial charge in [0.25, 0.3) is 0 Å². The molecule has 0 aromatic heterocycles. The van der Waals surface area contributed by atoms with Crippen LogP contribution in [0.15, 0.2) is 89.1 Å². The molecule has 4 rings (SSSR count). The lowest BCUT2D eigenvalue weighted by atomic mass is 10.1. The van der Waals surface area contributed by atoms with Crippen LogP contribution in [-0.4, -0.2) is 11.9 Å². The fourth-order valence-electron chi connectivity index (χ4n) is 3.13. The van der Waals surface area contributed by atoms with E-state index < -0.39 is 0 Å². The van der Waals surface area contributed by atoms with Gasteiger partial charge >= 0.3 is 0 Å². The number of benzene rings is 3. The highest BCUT2D eigenvalue weighted by Crippen LogP contribution is 2.36. The third-order valence-electron chi connectivity index (χ3n) is 4.30. The quantitative estimate of drug-likeness (QED) is 0.369. The molecule has 0 heterocycles. The van der Waals surface area contributed by atoms with Gasteiger partial charge in [0, 0.05) is 17.3 Å². The molecule has 0 fully saturated rings. The Morgan fingerprint density at radius 2 is 1.17 bits per heavy atom. The number of fused-ring (bicyclic) bond motifs is 3. The SMILES string of the molecule is C(/CCc1ccccc1)=N\N=C1c2ccccc2-c2ccccc21. The standard InChI is InChI=1S/C22H18N2/c1-2-9-17(10-3-1)11-8-16-23-24-22-20-14-6-4-12-18(20)19-13-5-7-15-21(19)22/h1-7,9-10,12-16H,8,11H2/b23-16+. The smallest absolute Gasteiger partial charge is 0.101 e. The van der Waals surface area contributed by atoms with Crippen molar-refractivity contribution in [3.8, 4) is 11.1 Å². The van der Waals surface area contributed by atoms with Gasteiger partial charge in [-0.05, 0) is 29.5 Å². The van der Waals surface area contributed by atoms with Gasteiger partial charge in [-0.15, -0.1) is 0 Å². The first kappa shape index (κ1) is 14.6. The largest absolute Gasteiger partial charge is 0.163 e. The molecule has 0 N–H and O–H groups in total. The van der Waals surface area contributed by atoms with Gasteiger partial charge in [0.1, 0.15) is 5.71 Å². The van der Waals surface area contributed by atoms with Gasteiger partial charge in [0.15, 0.2) is 0 Å². The van der Waals surface area contributed by atoms with Crippen molar-refractivity contribution in [2.24, 2.45) is 10.2 Å². The van der Waals surface area contributed by atoms with E-state index in [1.807, 2.05) is 12.3 Å². The lowest BCUT2D eigenvalue weighted by Crippen LogP contribution is -1.97. The van der Waals surface area contributed by atoms with E-state index in [-0.39, 0.29) is 0 Å². The Morgan fingerprint density at radius 1 is 0.625 bits per heavy atom. The molecule has 0 atom stereocenters. The van der Waals surface area contributed by atoms with E-state index in [0.29, 0.717) is 0 Å². The molecule has 2 heteroatoms. The van der Waals surface area contributed by atoms with E-state index in [9.17, 15) is 0 Å². The maximum absolute atomic E-state index is 4.52. The van der Waals surface area contributed by atoms with Crippen LogP contribution in [0.4, 0.5) is 0 Å². The summed E-state index contributed by atoms with van der Waals surface area (Å²) in [6.45, 7) is 0. The summed E-state index contributed by atoms with van der Waals surface area (Å²) in [4.78, 5) is 0. The molecule has 1 aliphatic carbocycles. The van der Waals surface area contributed by atoms with Crippen LogP contribution in [0.25, 0.3) is 11.1 Å². The van der Waals surface area contributed by atoms with Gasteiger partial charge < -0.3 is 0 Å². The van der Waals surface area contributed by atoms with E-state index in [2.05, 4.69) is 83.0 Å². The molecule has 0 unspecified atom stereocenters. The summed E-state index contributed by atoms with van der Waals surface area (Å²) in [7, 11) is 0. The van der Waals surface area contributed by atoms with Crippen molar-refractivity contribution in [3.63, 3.8) is 0 Å². The molecule has 0 bridgehead atoms. The molecule has 0 saturated carbocycles. The fourth-order valence-corrected chi connectivity index (χ4v) is 3.13. The lowest BCUT2D eigenvalue weighted by molar-refractivity contribution is 1.04. The summed E-state index contributed by atoms with van der Waals surface area (Å²) in [5.41, 5.74) is 7.11. The van der Waals surface area contributed by atoms with E-state index in [0.717, 1.165) is 18.6 Å². The maximum atomic E-state index is 4.52. The van der Waals surface area contributed by atoms with Gasteiger partial charge in [-0.1, -0.05) is 78.9 Å². The van der Waals surface area contributed by atoms with Gasteiger partial charge in [0.05, 0.1) is 0 Å². The second-order valence-electron chi connectivity index (χ2n) is 5.86. The van der Waals surface area contributed by atoms with Gasteiger partial charge in [-0.25, -0.2) is 0 Å². The molecule has 3 aromatic rings. The van der Waals surface area contributed by atoms with Crippen molar-refractivity contribution in [1.29, 1.82) is 0 Å². The van der Waals surface area contributed by atoms with Crippen molar-refractivity contribution in [3.05, 3.63) is 95.6 Å². The highest BCUT2D eigenvalue weighted by atomic mass is 15.2. The van der Waals surface area contributed by atoms with E-state index in [1.54, 1.807) is 0 Å². The molecular weight excluding hydrogens is 292 g/mol. The Hall–Kier alpha value is -3.00. The molecule has 0 amide bonds. The van der Waals surface area contributed by atoms with Crippen LogP contribution in [0.1, 0.15) is 23.1 Å². The van der Waals surface area contributed by atoms with Crippen molar-refractivity contribution in [1.82, 2.24) is 0 Å². The first-order valence-electron chi connectivity index (χ1n) is 8.26. The summed E-state index contributed by atoms with van der Waals surface area (Å²) in [6.07, 6.45) is 3.79. The normalized spacial score (nSPS) is 12.2. The predicted octanol–water partition coefficient (Wildman–Crippen LogP) is 5.12. The van der Waals surface area contributed by atoms with Crippen LogP contribution in [0.2, 0.25) is 0 Å². The number of nitrogens with zero attached hydrogens (tertiary/aromatic N) is 2. The molecular formula is C22H18N2. The minimum Gasteiger partial charge on any atom is -0.163 e. The second-order valence-corrected chi connectivity index (χ2v) is 5.86. The Morgan fingerprint density at radius 3 is 1.79 bits per heavy atom. The summed E-state index contributed by atoms with van der Waals surface area (Å²) >= 11 is 0. The van der Waals surface area contributed by atoms with Crippen LogP contribution in [0.3, 0.4) is 0 Å². The molecule has 3 aromatic carbocycles. The van der Waals surface area contributed by atoms with Gasteiger partial charge in [-0.3, -0.25) is 0 Å². The average molecular weight is 310 g/mol. The monoisotopic (exact) mass is 310 g/mol.